The van der Waals surface area contributed by atoms with E-state index in [1.807, 2.05) is 38.1 Å². The zero-order valence-corrected chi connectivity index (χ0v) is 16.5. The summed E-state index contributed by atoms with van der Waals surface area (Å²) in [7, 11) is 0. The molecule has 2 heterocycles. The van der Waals surface area contributed by atoms with E-state index in [9.17, 15) is 9.59 Å². The maximum absolute atomic E-state index is 13.0. The molecule has 0 aliphatic heterocycles. The van der Waals surface area contributed by atoms with E-state index in [-0.39, 0.29) is 11.5 Å². The molecule has 3 aromatic rings. The SMILES string of the molecule is CCc1ccc(NC(=O)C(C)n2c(C)nc3sc(C)c(C)c3c2=O)cc1. The highest BCUT2D eigenvalue weighted by Gasteiger charge is 2.22. The van der Waals surface area contributed by atoms with E-state index in [4.69, 9.17) is 0 Å². The Labute approximate surface area is 156 Å². The number of carbonyl (C=O) groups is 1. The summed E-state index contributed by atoms with van der Waals surface area (Å²) < 4.78 is 1.48. The van der Waals surface area contributed by atoms with E-state index in [2.05, 4.69) is 17.2 Å². The normalized spacial score (nSPS) is 12.3. The lowest BCUT2D eigenvalue weighted by Gasteiger charge is -2.17. The Morgan fingerprint density at radius 3 is 2.50 bits per heavy atom. The molecular formula is C20H23N3O2S. The van der Waals surface area contributed by atoms with Gasteiger partial charge in [0.1, 0.15) is 16.7 Å². The van der Waals surface area contributed by atoms with Gasteiger partial charge in [-0.05, 0) is 57.4 Å². The molecule has 1 N–H and O–H groups in total. The number of anilines is 1. The number of aryl methyl sites for hydroxylation is 4. The molecule has 1 atom stereocenters. The fraction of sp³-hybridized carbons (Fsp3) is 0.350. The second-order valence-corrected chi connectivity index (χ2v) is 7.72. The number of thiophene rings is 1. The largest absolute Gasteiger partial charge is 0.324 e. The molecule has 136 valence electrons. The van der Waals surface area contributed by atoms with E-state index in [1.54, 1.807) is 13.8 Å². The van der Waals surface area contributed by atoms with E-state index in [1.165, 1.54) is 21.5 Å². The van der Waals surface area contributed by atoms with Gasteiger partial charge in [0.25, 0.3) is 5.56 Å². The molecule has 0 aliphatic carbocycles. The van der Waals surface area contributed by atoms with Crippen LogP contribution in [0.3, 0.4) is 0 Å². The summed E-state index contributed by atoms with van der Waals surface area (Å²) in [5.74, 6) is 0.318. The summed E-state index contributed by atoms with van der Waals surface area (Å²) in [6, 6.07) is 7.09. The highest BCUT2D eigenvalue weighted by Crippen LogP contribution is 2.27. The maximum atomic E-state index is 13.0. The van der Waals surface area contributed by atoms with Gasteiger partial charge in [-0.1, -0.05) is 19.1 Å². The zero-order chi connectivity index (χ0) is 19.0. The number of nitrogens with zero attached hydrogens (tertiary/aromatic N) is 2. The topological polar surface area (TPSA) is 64.0 Å². The smallest absolute Gasteiger partial charge is 0.263 e. The Balaban J connectivity index is 1.95. The molecule has 1 unspecified atom stereocenters. The molecule has 0 fully saturated rings. The quantitative estimate of drug-likeness (QED) is 0.751. The minimum atomic E-state index is -0.648. The van der Waals surface area contributed by atoms with Gasteiger partial charge in [-0.25, -0.2) is 4.98 Å². The number of hydrogen-bond donors (Lipinski definition) is 1. The van der Waals surface area contributed by atoms with Crippen LogP contribution in [0.1, 0.15) is 41.7 Å². The minimum Gasteiger partial charge on any atom is -0.324 e. The fourth-order valence-corrected chi connectivity index (χ4v) is 4.12. The lowest BCUT2D eigenvalue weighted by atomic mass is 10.1. The van der Waals surface area contributed by atoms with Crippen LogP contribution in [0.4, 0.5) is 5.69 Å². The van der Waals surface area contributed by atoms with Crippen molar-refractivity contribution in [3.05, 3.63) is 56.4 Å². The van der Waals surface area contributed by atoms with Crippen molar-refractivity contribution in [2.75, 3.05) is 5.32 Å². The first kappa shape index (κ1) is 18.3. The highest BCUT2D eigenvalue weighted by molar-refractivity contribution is 7.18. The van der Waals surface area contributed by atoms with Crippen molar-refractivity contribution in [3.8, 4) is 0 Å². The lowest BCUT2D eigenvalue weighted by Crippen LogP contribution is -2.33. The number of rotatable bonds is 4. The van der Waals surface area contributed by atoms with Crippen LogP contribution in [-0.4, -0.2) is 15.5 Å². The molecule has 26 heavy (non-hydrogen) atoms. The van der Waals surface area contributed by atoms with Crippen molar-refractivity contribution in [1.82, 2.24) is 9.55 Å². The number of benzene rings is 1. The van der Waals surface area contributed by atoms with E-state index < -0.39 is 6.04 Å². The molecule has 0 bridgehead atoms. The first-order valence-electron chi connectivity index (χ1n) is 8.72. The zero-order valence-electron chi connectivity index (χ0n) is 15.7. The number of carbonyl (C=O) groups excluding carboxylic acids is 1. The van der Waals surface area contributed by atoms with Crippen molar-refractivity contribution in [2.45, 2.75) is 47.1 Å². The number of aromatic nitrogens is 2. The first-order chi connectivity index (χ1) is 12.3. The monoisotopic (exact) mass is 369 g/mol. The third-order valence-electron chi connectivity index (χ3n) is 4.81. The Morgan fingerprint density at radius 2 is 1.88 bits per heavy atom. The number of hydrogen-bond acceptors (Lipinski definition) is 4. The number of amides is 1. The molecule has 5 nitrogen and oxygen atoms in total. The maximum Gasteiger partial charge on any atom is 0.263 e. The average molecular weight is 369 g/mol. The summed E-state index contributed by atoms with van der Waals surface area (Å²) in [4.78, 5) is 32.1. The molecule has 0 saturated heterocycles. The van der Waals surface area contributed by atoms with Gasteiger partial charge in [-0.15, -0.1) is 11.3 Å². The minimum absolute atomic E-state index is 0.154. The van der Waals surface area contributed by atoms with Crippen LogP contribution in [0.5, 0.6) is 0 Å². The molecule has 2 aromatic heterocycles. The molecule has 1 amide bonds. The van der Waals surface area contributed by atoms with Crippen LogP contribution >= 0.6 is 11.3 Å². The van der Waals surface area contributed by atoms with Gasteiger partial charge >= 0.3 is 0 Å². The van der Waals surface area contributed by atoms with Crippen LogP contribution in [0.25, 0.3) is 10.2 Å². The van der Waals surface area contributed by atoms with Crippen molar-refractivity contribution >= 4 is 33.1 Å². The molecule has 0 aliphatic rings. The predicted molar refractivity (Wildman–Crippen MR) is 107 cm³/mol. The van der Waals surface area contributed by atoms with Crippen LogP contribution in [0, 0.1) is 20.8 Å². The van der Waals surface area contributed by atoms with Crippen molar-refractivity contribution in [2.24, 2.45) is 0 Å². The molecular weight excluding hydrogens is 346 g/mol. The van der Waals surface area contributed by atoms with Gasteiger partial charge in [0, 0.05) is 10.6 Å². The summed E-state index contributed by atoms with van der Waals surface area (Å²) in [6.45, 7) is 9.49. The predicted octanol–water partition coefficient (Wildman–Crippen LogP) is 4.15. The summed E-state index contributed by atoms with van der Waals surface area (Å²) in [6.07, 6.45) is 0.949. The second kappa shape index (κ2) is 7.03. The van der Waals surface area contributed by atoms with Gasteiger partial charge in [-0.3, -0.25) is 14.2 Å². The van der Waals surface area contributed by atoms with E-state index in [0.717, 1.165) is 27.4 Å². The number of fused-ring (bicyclic) bond motifs is 1. The van der Waals surface area contributed by atoms with Crippen LogP contribution in [0.15, 0.2) is 29.1 Å². The third-order valence-corrected chi connectivity index (χ3v) is 5.91. The van der Waals surface area contributed by atoms with Gasteiger partial charge < -0.3 is 5.32 Å². The molecule has 3 rings (SSSR count). The first-order valence-corrected chi connectivity index (χ1v) is 9.53. The van der Waals surface area contributed by atoms with Crippen LogP contribution in [-0.2, 0) is 11.2 Å². The lowest BCUT2D eigenvalue weighted by molar-refractivity contribution is -0.118. The van der Waals surface area contributed by atoms with Gasteiger partial charge in [0.15, 0.2) is 0 Å². The highest BCUT2D eigenvalue weighted by atomic mass is 32.1. The fourth-order valence-electron chi connectivity index (χ4n) is 3.05. The Bertz CT molecular complexity index is 1030. The van der Waals surface area contributed by atoms with Gasteiger partial charge in [0.2, 0.25) is 5.91 Å². The van der Waals surface area contributed by atoms with Crippen molar-refractivity contribution < 1.29 is 4.79 Å². The number of nitrogens with one attached hydrogen (secondary N) is 1. The van der Waals surface area contributed by atoms with Gasteiger partial charge in [-0.2, -0.15) is 0 Å². The molecule has 0 spiro atoms. The Hall–Kier alpha value is -2.47. The molecule has 0 radical (unpaired) electrons. The average Bonchev–Trinajstić information content (AvgIpc) is 2.89. The molecule has 1 aromatic carbocycles. The van der Waals surface area contributed by atoms with Crippen LogP contribution < -0.4 is 10.9 Å². The van der Waals surface area contributed by atoms with E-state index >= 15 is 0 Å². The van der Waals surface area contributed by atoms with E-state index in [0.29, 0.717) is 11.2 Å². The Kier molecular flexibility index (Phi) is 4.96. The summed E-state index contributed by atoms with van der Waals surface area (Å²) >= 11 is 1.52. The van der Waals surface area contributed by atoms with Crippen molar-refractivity contribution in [1.29, 1.82) is 0 Å². The molecule has 6 heteroatoms. The summed E-state index contributed by atoms with van der Waals surface area (Å²) in [5, 5.41) is 3.51. The second-order valence-electron chi connectivity index (χ2n) is 6.51. The van der Waals surface area contributed by atoms with Gasteiger partial charge in [0.05, 0.1) is 5.39 Å². The third kappa shape index (κ3) is 3.17. The molecule has 0 saturated carbocycles. The van der Waals surface area contributed by atoms with Crippen molar-refractivity contribution in [3.63, 3.8) is 0 Å². The summed E-state index contributed by atoms with van der Waals surface area (Å²) in [5.41, 5.74) is 2.72. The Morgan fingerprint density at radius 1 is 1.23 bits per heavy atom. The van der Waals surface area contributed by atoms with Crippen LogP contribution in [0.2, 0.25) is 0 Å². The standard InChI is InChI=1S/C20H23N3O2S/c1-6-15-7-9-16(10-8-15)22-18(24)12(3)23-14(5)21-19-17(20(23)25)11(2)13(4)26-19/h7-10,12H,6H2,1-5H3,(H,22,24).